The Morgan fingerprint density at radius 3 is 2.62 bits per heavy atom. The smallest absolute Gasteiger partial charge is 0.422 e. The second kappa shape index (κ2) is 7.74. The first-order valence-corrected chi connectivity index (χ1v) is 7.65. The number of hydrogen-bond acceptors (Lipinski definition) is 4. The molecule has 0 radical (unpaired) electrons. The quantitative estimate of drug-likeness (QED) is 0.794. The van der Waals surface area contributed by atoms with Crippen LogP contribution in [-0.4, -0.2) is 38.9 Å². The summed E-state index contributed by atoms with van der Waals surface area (Å²) in [5.74, 6) is 0.430. The molecule has 2 rings (SSSR count). The first-order chi connectivity index (χ1) is 11.3. The van der Waals surface area contributed by atoms with Crippen LogP contribution in [-0.2, 0) is 11.3 Å². The van der Waals surface area contributed by atoms with E-state index in [2.05, 4.69) is 10.6 Å². The molecular weight excluding hydrogens is 325 g/mol. The normalized spacial score (nSPS) is 16.2. The lowest BCUT2D eigenvalue weighted by molar-refractivity contribution is -0.153. The van der Waals surface area contributed by atoms with Gasteiger partial charge < -0.3 is 20.1 Å². The van der Waals surface area contributed by atoms with Crippen LogP contribution in [0.4, 0.5) is 13.2 Å². The highest BCUT2D eigenvalue weighted by atomic mass is 19.4. The van der Waals surface area contributed by atoms with E-state index in [-0.39, 0.29) is 29.9 Å². The van der Waals surface area contributed by atoms with Crippen molar-refractivity contribution in [3.8, 4) is 11.5 Å². The number of carbonyl (C=O) groups is 1. The van der Waals surface area contributed by atoms with Crippen LogP contribution >= 0.6 is 0 Å². The number of nitrogens with one attached hydrogen (secondary N) is 2. The third-order valence-corrected chi connectivity index (χ3v) is 4.02. The van der Waals surface area contributed by atoms with Crippen molar-refractivity contribution in [1.82, 2.24) is 10.6 Å². The highest BCUT2D eigenvalue weighted by Gasteiger charge is 2.29. The summed E-state index contributed by atoms with van der Waals surface area (Å²) >= 11 is 0. The van der Waals surface area contributed by atoms with E-state index < -0.39 is 12.8 Å². The van der Waals surface area contributed by atoms with E-state index in [0.29, 0.717) is 5.92 Å². The zero-order valence-electron chi connectivity index (χ0n) is 13.6. The van der Waals surface area contributed by atoms with Crippen molar-refractivity contribution in [3.05, 3.63) is 23.8 Å². The van der Waals surface area contributed by atoms with Gasteiger partial charge >= 0.3 is 6.18 Å². The van der Waals surface area contributed by atoms with Gasteiger partial charge in [0.05, 0.1) is 7.11 Å². The topological polar surface area (TPSA) is 59.6 Å². The third kappa shape index (κ3) is 5.02. The lowest BCUT2D eigenvalue weighted by atomic mass is 9.88. The van der Waals surface area contributed by atoms with Crippen molar-refractivity contribution >= 4 is 5.91 Å². The van der Waals surface area contributed by atoms with Crippen molar-refractivity contribution in [2.75, 3.05) is 26.8 Å². The Hall–Kier alpha value is -1.96. The lowest BCUT2D eigenvalue weighted by Crippen LogP contribution is -2.49. The molecule has 1 aliphatic heterocycles. The van der Waals surface area contributed by atoms with E-state index in [4.69, 9.17) is 9.47 Å². The molecule has 24 heavy (non-hydrogen) atoms. The molecule has 1 aromatic rings. The number of methoxy groups -OCH3 is 1. The van der Waals surface area contributed by atoms with Crippen LogP contribution in [0, 0.1) is 11.8 Å². The van der Waals surface area contributed by atoms with Crippen LogP contribution in [0.15, 0.2) is 18.2 Å². The molecule has 0 spiro atoms. The monoisotopic (exact) mass is 346 g/mol. The second-order valence-electron chi connectivity index (χ2n) is 5.81. The molecule has 1 saturated heterocycles. The summed E-state index contributed by atoms with van der Waals surface area (Å²) in [6.45, 7) is 2.46. The fraction of sp³-hybridized carbons (Fsp3) is 0.562. The van der Waals surface area contributed by atoms with Gasteiger partial charge in [-0.2, -0.15) is 13.2 Å². The Morgan fingerprint density at radius 1 is 1.38 bits per heavy atom. The van der Waals surface area contributed by atoms with Crippen LogP contribution in [0.3, 0.4) is 0 Å². The molecule has 5 nitrogen and oxygen atoms in total. The summed E-state index contributed by atoms with van der Waals surface area (Å²) in [5.41, 5.74) is 0.721. The van der Waals surface area contributed by atoms with Crippen molar-refractivity contribution in [1.29, 1.82) is 0 Å². The number of halogens is 3. The van der Waals surface area contributed by atoms with Gasteiger partial charge in [-0.25, -0.2) is 0 Å². The molecule has 134 valence electrons. The van der Waals surface area contributed by atoms with Gasteiger partial charge in [0.1, 0.15) is 0 Å². The minimum atomic E-state index is -4.41. The zero-order valence-corrected chi connectivity index (χ0v) is 13.6. The van der Waals surface area contributed by atoms with Crippen molar-refractivity contribution in [2.45, 2.75) is 19.6 Å². The average molecular weight is 346 g/mol. The molecule has 1 aromatic carbocycles. The fourth-order valence-electron chi connectivity index (χ4n) is 2.33. The predicted octanol–water partition coefficient (Wildman–Crippen LogP) is 2.11. The molecule has 1 atom stereocenters. The van der Waals surface area contributed by atoms with E-state index >= 15 is 0 Å². The second-order valence-corrected chi connectivity index (χ2v) is 5.81. The van der Waals surface area contributed by atoms with Crippen LogP contribution in [0.1, 0.15) is 12.5 Å². The number of amides is 1. The van der Waals surface area contributed by atoms with Gasteiger partial charge in [0.25, 0.3) is 0 Å². The van der Waals surface area contributed by atoms with E-state index in [1.165, 1.54) is 13.2 Å². The van der Waals surface area contributed by atoms with Crippen molar-refractivity contribution < 1.29 is 27.4 Å². The number of carbonyl (C=O) groups excluding carboxylic acids is 1. The molecule has 1 fully saturated rings. The summed E-state index contributed by atoms with van der Waals surface area (Å²) < 4.78 is 46.4. The Kier molecular flexibility index (Phi) is 5.93. The summed E-state index contributed by atoms with van der Waals surface area (Å²) in [5, 5.41) is 5.96. The standard InChI is InChI=1S/C16H21F3N2O3/c1-10(12-7-20-8-12)15(22)21-6-11-3-4-13(14(5-11)23-2)24-9-16(17,18)19/h3-5,10,12,20H,6-9H2,1-2H3,(H,21,22). The van der Waals surface area contributed by atoms with Crippen LogP contribution < -0.4 is 20.1 Å². The minimum Gasteiger partial charge on any atom is -0.493 e. The van der Waals surface area contributed by atoms with Gasteiger partial charge in [-0.1, -0.05) is 13.0 Å². The van der Waals surface area contributed by atoms with Gasteiger partial charge in [-0.3, -0.25) is 4.79 Å². The Balaban J connectivity index is 1.92. The van der Waals surface area contributed by atoms with E-state index in [1.807, 2.05) is 6.92 Å². The summed E-state index contributed by atoms with van der Waals surface area (Å²) in [4.78, 5) is 12.1. The fourth-order valence-corrected chi connectivity index (χ4v) is 2.33. The molecule has 0 aliphatic carbocycles. The zero-order chi connectivity index (χ0) is 17.7. The summed E-state index contributed by atoms with van der Waals surface area (Å²) in [7, 11) is 1.35. The van der Waals surface area contributed by atoms with Crippen molar-refractivity contribution in [2.24, 2.45) is 11.8 Å². The molecule has 1 amide bonds. The SMILES string of the molecule is COc1cc(CNC(=O)C(C)C2CNC2)ccc1OCC(F)(F)F. The third-order valence-electron chi connectivity index (χ3n) is 4.02. The lowest BCUT2D eigenvalue weighted by Gasteiger charge is -2.31. The molecule has 1 unspecified atom stereocenters. The van der Waals surface area contributed by atoms with E-state index in [0.717, 1.165) is 18.7 Å². The number of benzene rings is 1. The Bertz CT molecular complexity index is 574. The van der Waals surface area contributed by atoms with Crippen molar-refractivity contribution in [3.63, 3.8) is 0 Å². The predicted molar refractivity (Wildman–Crippen MR) is 81.9 cm³/mol. The largest absolute Gasteiger partial charge is 0.493 e. The molecule has 8 heteroatoms. The van der Waals surface area contributed by atoms with Crippen LogP contribution in [0.2, 0.25) is 0 Å². The van der Waals surface area contributed by atoms with Crippen LogP contribution in [0.25, 0.3) is 0 Å². The van der Waals surface area contributed by atoms with Gasteiger partial charge in [-0.15, -0.1) is 0 Å². The van der Waals surface area contributed by atoms with Gasteiger partial charge in [0.15, 0.2) is 18.1 Å². The first-order valence-electron chi connectivity index (χ1n) is 7.65. The Labute approximate surface area is 138 Å². The van der Waals surface area contributed by atoms with Gasteiger partial charge in [0, 0.05) is 12.5 Å². The van der Waals surface area contributed by atoms with Gasteiger partial charge in [-0.05, 0) is 36.7 Å². The number of alkyl halides is 3. The summed E-state index contributed by atoms with van der Waals surface area (Å²) in [6, 6.07) is 4.57. The number of ether oxygens (including phenoxy) is 2. The Morgan fingerprint density at radius 2 is 2.08 bits per heavy atom. The molecular formula is C16H21F3N2O3. The number of hydrogen-bond donors (Lipinski definition) is 2. The average Bonchev–Trinajstić information content (AvgIpc) is 2.48. The highest BCUT2D eigenvalue weighted by Crippen LogP contribution is 2.29. The molecule has 1 heterocycles. The number of rotatable bonds is 7. The minimum absolute atomic E-state index is 0.0128. The molecule has 2 N–H and O–H groups in total. The van der Waals surface area contributed by atoms with E-state index in [1.54, 1.807) is 12.1 Å². The first kappa shape index (κ1) is 18.4. The molecule has 0 bridgehead atoms. The maximum absolute atomic E-state index is 12.2. The maximum atomic E-state index is 12.2. The maximum Gasteiger partial charge on any atom is 0.422 e. The molecule has 0 aromatic heterocycles. The van der Waals surface area contributed by atoms with Gasteiger partial charge in [0.2, 0.25) is 5.91 Å². The summed E-state index contributed by atoms with van der Waals surface area (Å²) in [6.07, 6.45) is -4.41. The highest BCUT2D eigenvalue weighted by molar-refractivity contribution is 5.78. The van der Waals surface area contributed by atoms with Crippen LogP contribution in [0.5, 0.6) is 11.5 Å². The molecule has 1 aliphatic rings. The van der Waals surface area contributed by atoms with E-state index in [9.17, 15) is 18.0 Å². The molecule has 0 saturated carbocycles.